The predicted octanol–water partition coefficient (Wildman–Crippen LogP) is 2.24. The summed E-state index contributed by atoms with van der Waals surface area (Å²) in [6, 6.07) is 7.81. The van der Waals surface area contributed by atoms with Crippen molar-refractivity contribution in [3.05, 3.63) is 47.2 Å². The Balaban J connectivity index is 1.26. The highest BCUT2D eigenvalue weighted by atomic mass is 32.2. The molecule has 1 amide bonds. The van der Waals surface area contributed by atoms with Crippen LogP contribution in [-0.4, -0.2) is 48.2 Å². The highest BCUT2D eigenvalue weighted by molar-refractivity contribution is 7.91. The average molecular weight is 463 g/mol. The second kappa shape index (κ2) is 7.94. The quantitative estimate of drug-likeness (QED) is 0.592. The number of sulfonamides is 1. The van der Waals surface area contributed by atoms with E-state index < -0.39 is 22.0 Å². The number of benzene rings is 1. The van der Waals surface area contributed by atoms with Gasteiger partial charge in [0.25, 0.3) is 10.0 Å². The van der Waals surface area contributed by atoms with E-state index in [0.29, 0.717) is 36.7 Å². The summed E-state index contributed by atoms with van der Waals surface area (Å²) in [5, 5.41) is 12.1. The van der Waals surface area contributed by atoms with Gasteiger partial charge in [-0.05, 0) is 42.0 Å². The second-order valence-corrected chi connectivity index (χ2v) is 10.1. The van der Waals surface area contributed by atoms with Gasteiger partial charge in [-0.15, -0.1) is 16.4 Å². The molecule has 2 aliphatic rings. The minimum Gasteiger partial charge on any atom is -0.454 e. The van der Waals surface area contributed by atoms with Crippen molar-refractivity contribution in [1.29, 1.82) is 0 Å². The van der Waals surface area contributed by atoms with Crippen LogP contribution in [0.4, 0.5) is 6.01 Å². The molecule has 1 unspecified atom stereocenters. The lowest BCUT2D eigenvalue weighted by atomic mass is 10.1. The fraction of sp³-hybridized carbons (Fsp3) is 0.316. The summed E-state index contributed by atoms with van der Waals surface area (Å²) in [4.78, 5) is 12.8. The third kappa shape index (κ3) is 3.89. The molecular weight excluding hydrogens is 444 g/mol. The van der Waals surface area contributed by atoms with Crippen molar-refractivity contribution in [2.45, 2.75) is 29.5 Å². The lowest BCUT2D eigenvalue weighted by Gasteiger charge is -2.21. The van der Waals surface area contributed by atoms with Gasteiger partial charge in [0.2, 0.25) is 18.6 Å². The number of ether oxygens (including phenoxy) is 2. The van der Waals surface area contributed by atoms with E-state index >= 15 is 0 Å². The lowest BCUT2D eigenvalue weighted by Crippen LogP contribution is -2.42. The van der Waals surface area contributed by atoms with Crippen LogP contribution in [0.5, 0.6) is 11.5 Å². The zero-order valence-corrected chi connectivity index (χ0v) is 17.8. The van der Waals surface area contributed by atoms with E-state index in [1.807, 2.05) is 12.1 Å². The molecule has 0 radical (unpaired) electrons. The molecule has 5 rings (SSSR count). The van der Waals surface area contributed by atoms with Gasteiger partial charge in [-0.3, -0.25) is 10.1 Å². The van der Waals surface area contributed by atoms with Gasteiger partial charge in [0.15, 0.2) is 11.5 Å². The van der Waals surface area contributed by atoms with Crippen LogP contribution in [0, 0.1) is 0 Å². The lowest BCUT2D eigenvalue weighted by molar-refractivity contribution is -0.119. The van der Waals surface area contributed by atoms with E-state index in [1.54, 1.807) is 17.5 Å². The highest BCUT2D eigenvalue weighted by Crippen LogP contribution is 2.33. The van der Waals surface area contributed by atoms with Crippen molar-refractivity contribution in [2.75, 3.05) is 18.7 Å². The van der Waals surface area contributed by atoms with E-state index in [1.165, 1.54) is 10.4 Å². The first-order valence-electron chi connectivity index (χ1n) is 9.58. The molecule has 162 valence electrons. The Morgan fingerprint density at radius 1 is 1.23 bits per heavy atom. The standard InChI is InChI=1S/C19H18N4O6S2/c24-18(13-3-1-7-23(13)31(25,26)17-4-2-8-30-17)20-19-22-21-16(29-19)10-12-5-6-14-15(9-12)28-11-27-14/h2,4-6,8-9,13H,1,3,7,10-11H2,(H,20,22,24). The number of thiophene rings is 1. The van der Waals surface area contributed by atoms with Gasteiger partial charge >= 0.3 is 6.01 Å². The monoisotopic (exact) mass is 462 g/mol. The highest BCUT2D eigenvalue weighted by Gasteiger charge is 2.40. The van der Waals surface area contributed by atoms with E-state index in [4.69, 9.17) is 13.9 Å². The minimum absolute atomic E-state index is 0.0684. The summed E-state index contributed by atoms with van der Waals surface area (Å²) in [5.41, 5.74) is 0.884. The van der Waals surface area contributed by atoms with Crippen molar-refractivity contribution < 1.29 is 27.1 Å². The Kier molecular flexibility index (Phi) is 5.12. The average Bonchev–Trinajstić information content (AvgIpc) is 3.54. The number of hydrogen-bond donors (Lipinski definition) is 1. The first-order valence-corrected chi connectivity index (χ1v) is 11.9. The molecule has 2 aliphatic heterocycles. The molecule has 12 heteroatoms. The first-order chi connectivity index (χ1) is 15.0. The van der Waals surface area contributed by atoms with Crippen molar-refractivity contribution in [1.82, 2.24) is 14.5 Å². The molecule has 4 heterocycles. The van der Waals surface area contributed by atoms with Gasteiger partial charge in [-0.1, -0.05) is 17.2 Å². The molecule has 10 nitrogen and oxygen atoms in total. The van der Waals surface area contributed by atoms with Gasteiger partial charge in [0.1, 0.15) is 10.3 Å². The molecule has 2 aromatic heterocycles. The molecule has 0 saturated carbocycles. The molecule has 1 saturated heterocycles. The Morgan fingerprint density at radius 3 is 2.94 bits per heavy atom. The zero-order chi connectivity index (χ0) is 21.4. The zero-order valence-electron chi connectivity index (χ0n) is 16.2. The van der Waals surface area contributed by atoms with Gasteiger partial charge in [0.05, 0.1) is 6.42 Å². The number of carbonyl (C=O) groups excluding carboxylic acids is 1. The van der Waals surface area contributed by atoms with Gasteiger partial charge in [0, 0.05) is 6.54 Å². The number of rotatable bonds is 6. The Hall–Kier alpha value is -2.96. The molecule has 0 spiro atoms. The van der Waals surface area contributed by atoms with Gasteiger partial charge in [-0.2, -0.15) is 4.31 Å². The number of fused-ring (bicyclic) bond motifs is 1. The largest absolute Gasteiger partial charge is 0.454 e. The van der Waals surface area contributed by atoms with Crippen LogP contribution in [-0.2, 0) is 21.2 Å². The van der Waals surface area contributed by atoms with Crippen LogP contribution in [0.25, 0.3) is 0 Å². The van der Waals surface area contributed by atoms with Crippen LogP contribution >= 0.6 is 11.3 Å². The number of nitrogens with one attached hydrogen (secondary N) is 1. The number of hydrogen-bond acceptors (Lipinski definition) is 9. The summed E-state index contributed by atoms with van der Waals surface area (Å²) in [6.45, 7) is 0.480. The van der Waals surface area contributed by atoms with Crippen molar-refractivity contribution >= 4 is 33.3 Å². The molecule has 3 aromatic rings. The van der Waals surface area contributed by atoms with Gasteiger partial charge in [-0.25, -0.2) is 8.42 Å². The van der Waals surface area contributed by atoms with Crippen LogP contribution in [0.15, 0.2) is 44.3 Å². The second-order valence-electron chi connectivity index (χ2n) is 7.06. The summed E-state index contributed by atoms with van der Waals surface area (Å²) < 4.78 is 43.3. The Labute approximate surface area is 181 Å². The predicted molar refractivity (Wildman–Crippen MR) is 110 cm³/mol. The molecule has 1 N–H and O–H groups in total. The maximum atomic E-state index is 12.8. The molecule has 31 heavy (non-hydrogen) atoms. The van der Waals surface area contributed by atoms with E-state index in [-0.39, 0.29) is 23.6 Å². The molecule has 0 aliphatic carbocycles. The number of nitrogens with zero attached hydrogens (tertiary/aromatic N) is 3. The topological polar surface area (TPSA) is 124 Å². The smallest absolute Gasteiger partial charge is 0.322 e. The number of aromatic nitrogens is 2. The summed E-state index contributed by atoms with van der Waals surface area (Å²) in [5.74, 6) is 1.15. The summed E-state index contributed by atoms with van der Waals surface area (Å²) in [7, 11) is -3.72. The Morgan fingerprint density at radius 2 is 2.10 bits per heavy atom. The van der Waals surface area contributed by atoms with E-state index in [0.717, 1.165) is 16.9 Å². The Bertz CT molecular complexity index is 1210. The molecular formula is C19H18N4O6S2. The van der Waals surface area contributed by atoms with Crippen molar-refractivity contribution in [3.63, 3.8) is 0 Å². The minimum atomic E-state index is -3.72. The molecule has 0 bridgehead atoms. The van der Waals surface area contributed by atoms with Crippen molar-refractivity contribution in [2.24, 2.45) is 0 Å². The fourth-order valence-electron chi connectivity index (χ4n) is 3.61. The van der Waals surface area contributed by atoms with Crippen LogP contribution in [0.1, 0.15) is 24.3 Å². The first kappa shape index (κ1) is 20.0. The number of amides is 1. The third-order valence-corrected chi connectivity index (χ3v) is 8.33. The van der Waals surface area contributed by atoms with E-state index in [9.17, 15) is 13.2 Å². The molecule has 1 aromatic carbocycles. The van der Waals surface area contributed by atoms with Crippen LogP contribution in [0.3, 0.4) is 0 Å². The van der Waals surface area contributed by atoms with Gasteiger partial charge < -0.3 is 13.9 Å². The molecule has 1 atom stereocenters. The summed E-state index contributed by atoms with van der Waals surface area (Å²) in [6.07, 6.45) is 1.37. The van der Waals surface area contributed by atoms with Crippen LogP contribution < -0.4 is 14.8 Å². The summed E-state index contributed by atoms with van der Waals surface area (Å²) >= 11 is 1.13. The normalized spacial score (nSPS) is 18.4. The maximum Gasteiger partial charge on any atom is 0.322 e. The maximum absolute atomic E-state index is 12.8. The number of carbonyl (C=O) groups is 1. The third-order valence-electron chi connectivity index (χ3n) is 5.05. The SMILES string of the molecule is O=C(Nc1nnc(Cc2ccc3c(c2)OCO3)o1)C1CCCN1S(=O)(=O)c1cccs1. The fourth-order valence-corrected chi connectivity index (χ4v) is 6.38. The van der Waals surface area contributed by atoms with Crippen LogP contribution in [0.2, 0.25) is 0 Å². The molecule has 1 fully saturated rings. The van der Waals surface area contributed by atoms with Crippen molar-refractivity contribution in [3.8, 4) is 11.5 Å². The van der Waals surface area contributed by atoms with E-state index in [2.05, 4.69) is 15.5 Å². The number of anilines is 1.